The normalized spacial score (nSPS) is 11.6. The van der Waals surface area contributed by atoms with Gasteiger partial charge in [-0.1, -0.05) is 42.5 Å². The van der Waals surface area contributed by atoms with Gasteiger partial charge in [-0.05, 0) is 41.5 Å². The fraction of sp³-hybridized carbons (Fsp3) is 0.0800. The molecule has 0 fully saturated rings. The van der Waals surface area contributed by atoms with E-state index in [9.17, 15) is 30.8 Å². The fourth-order valence-corrected chi connectivity index (χ4v) is 4.51. The zero-order valence-electron chi connectivity index (χ0n) is 18.7. The highest BCUT2D eigenvalue weighted by molar-refractivity contribution is 7.91. The molecule has 0 atom stereocenters. The smallest absolute Gasteiger partial charge is 0.305 e. The Balaban J connectivity index is 1.82. The molecule has 4 aromatic rings. The molecule has 7 nitrogen and oxygen atoms in total. The van der Waals surface area contributed by atoms with Gasteiger partial charge in [-0.25, -0.2) is 17.6 Å². The number of amides is 1. The maximum Gasteiger partial charge on any atom is 0.435 e. The summed E-state index contributed by atoms with van der Waals surface area (Å²) in [6.07, 6.45) is -3.89. The van der Waals surface area contributed by atoms with Gasteiger partial charge in [0.25, 0.3) is 0 Å². The summed E-state index contributed by atoms with van der Waals surface area (Å²) >= 11 is 0. The molecule has 0 aliphatic carbocycles. The van der Waals surface area contributed by atoms with Gasteiger partial charge in [-0.2, -0.15) is 28.2 Å². The lowest BCUT2D eigenvalue weighted by Crippen LogP contribution is -2.21. The van der Waals surface area contributed by atoms with Crippen LogP contribution in [0.1, 0.15) is 11.3 Å². The first-order valence-electron chi connectivity index (χ1n) is 10.5. The maximum atomic E-state index is 13.3. The molecule has 12 heteroatoms. The van der Waals surface area contributed by atoms with Gasteiger partial charge in [0.1, 0.15) is 0 Å². The van der Waals surface area contributed by atoms with Crippen molar-refractivity contribution in [2.24, 2.45) is 0 Å². The molecule has 3 aromatic carbocycles. The van der Waals surface area contributed by atoms with E-state index >= 15 is 0 Å². The number of nitrogens with zero attached hydrogens (tertiary/aromatic N) is 3. The second-order valence-electron chi connectivity index (χ2n) is 7.74. The Morgan fingerprint density at radius 2 is 1.65 bits per heavy atom. The van der Waals surface area contributed by atoms with E-state index in [4.69, 9.17) is 5.26 Å². The molecule has 0 radical (unpaired) electrons. The fourth-order valence-electron chi connectivity index (χ4n) is 3.59. The predicted molar refractivity (Wildman–Crippen MR) is 127 cm³/mol. The number of halogens is 4. The standard InChI is InChI=1S/C25H16F4N4O3S/c26-15-37(35,36)22-4-2-1-3-20(22)18-9-10-19(17-7-5-16(14-30)6-8-17)21(13-18)31-24(34)33-12-11-23(32-33)25(27,28)29/h1-13H,15H2,(H,31,34). The number of nitriles is 1. The summed E-state index contributed by atoms with van der Waals surface area (Å²) in [6.45, 7) is 0. The summed E-state index contributed by atoms with van der Waals surface area (Å²) in [5.74, 6) is 0. The Hall–Kier alpha value is -4.50. The minimum absolute atomic E-state index is 0.115. The molecule has 0 saturated carbocycles. The third-order valence-electron chi connectivity index (χ3n) is 5.35. The number of alkyl halides is 4. The molecule has 1 amide bonds. The number of nitrogens with one attached hydrogen (secondary N) is 1. The molecule has 37 heavy (non-hydrogen) atoms. The van der Waals surface area contributed by atoms with Gasteiger partial charge in [0.2, 0.25) is 9.84 Å². The molecule has 0 spiro atoms. The molecular weight excluding hydrogens is 512 g/mol. The van der Waals surface area contributed by atoms with Crippen molar-refractivity contribution in [1.29, 1.82) is 5.26 Å². The first kappa shape index (κ1) is 25.6. The van der Waals surface area contributed by atoms with Gasteiger partial charge in [0, 0.05) is 17.3 Å². The van der Waals surface area contributed by atoms with E-state index in [1.807, 2.05) is 6.07 Å². The topological polar surface area (TPSA) is 105 Å². The van der Waals surface area contributed by atoms with Crippen LogP contribution in [-0.4, -0.2) is 30.2 Å². The number of aromatic nitrogens is 2. The number of benzene rings is 3. The molecule has 1 heterocycles. The monoisotopic (exact) mass is 528 g/mol. The number of hydrogen-bond acceptors (Lipinski definition) is 5. The molecule has 0 saturated heterocycles. The van der Waals surface area contributed by atoms with E-state index in [1.54, 1.807) is 42.5 Å². The molecule has 188 valence electrons. The Labute approximate surface area is 208 Å². The molecule has 0 aliphatic rings. The highest BCUT2D eigenvalue weighted by Crippen LogP contribution is 2.36. The summed E-state index contributed by atoms with van der Waals surface area (Å²) in [6, 6.07) is 16.6. The first-order valence-corrected chi connectivity index (χ1v) is 12.2. The van der Waals surface area contributed by atoms with Crippen molar-refractivity contribution in [1.82, 2.24) is 9.78 Å². The SMILES string of the molecule is N#Cc1ccc(-c2ccc(-c3ccccc3S(=O)(=O)CF)cc2NC(=O)n2ccc(C(F)(F)F)n2)cc1. The van der Waals surface area contributed by atoms with Crippen molar-refractivity contribution in [2.75, 3.05) is 11.3 Å². The van der Waals surface area contributed by atoms with E-state index in [-0.39, 0.29) is 16.1 Å². The molecule has 4 rings (SSSR count). The number of carbonyl (C=O) groups excluding carboxylic acids is 1. The van der Waals surface area contributed by atoms with Crippen LogP contribution in [0.25, 0.3) is 22.3 Å². The molecule has 1 N–H and O–H groups in total. The molecule has 0 unspecified atom stereocenters. The van der Waals surface area contributed by atoms with E-state index in [1.165, 1.54) is 24.3 Å². The maximum absolute atomic E-state index is 13.3. The molecule has 0 aliphatic heterocycles. The van der Waals surface area contributed by atoms with Crippen LogP contribution in [0.3, 0.4) is 0 Å². The summed E-state index contributed by atoms with van der Waals surface area (Å²) < 4.78 is 77.2. The second-order valence-corrected chi connectivity index (χ2v) is 9.63. The zero-order valence-corrected chi connectivity index (χ0v) is 19.5. The molecule has 0 bridgehead atoms. The Morgan fingerprint density at radius 3 is 2.27 bits per heavy atom. The van der Waals surface area contributed by atoms with Crippen LogP contribution >= 0.6 is 0 Å². The average Bonchev–Trinajstić information content (AvgIpc) is 3.40. The summed E-state index contributed by atoms with van der Waals surface area (Å²) in [7, 11) is -4.24. The Kier molecular flexibility index (Phi) is 6.82. The van der Waals surface area contributed by atoms with Crippen LogP contribution in [0, 0.1) is 11.3 Å². The number of hydrogen-bond donors (Lipinski definition) is 1. The van der Waals surface area contributed by atoms with Crippen LogP contribution in [0.4, 0.5) is 28.0 Å². The van der Waals surface area contributed by atoms with Crippen molar-refractivity contribution in [3.63, 3.8) is 0 Å². The van der Waals surface area contributed by atoms with E-state index in [0.717, 1.165) is 6.20 Å². The second kappa shape index (κ2) is 9.87. The third kappa shape index (κ3) is 5.36. The van der Waals surface area contributed by atoms with Crippen LogP contribution in [0.5, 0.6) is 0 Å². The predicted octanol–water partition coefficient (Wildman–Crippen LogP) is 5.89. The van der Waals surface area contributed by atoms with Crippen molar-refractivity contribution in [2.45, 2.75) is 11.1 Å². The summed E-state index contributed by atoms with van der Waals surface area (Å²) in [5.41, 5.74) is 0.695. The first-order chi connectivity index (χ1) is 17.5. The van der Waals surface area contributed by atoms with Crippen molar-refractivity contribution in [3.05, 3.63) is 90.3 Å². The minimum atomic E-state index is -4.75. The lowest BCUT2D eigenvalue weighted by Gasteiger charge is -2.15. The Bertz CT molecular complexity index is 1620. The number of rotatable bonds is 5. The van der Waals surface area contributed by atoms with Crippen LogP contribution in [-0.2, 0) is 16.0 Å². The van der Waals surface area contributed by atoms with E-state index < -0.39 is 33.7 Å². The number of anilines is 1. The van der Waals surface area contributed by atoms with Crippen LogP contribution < -0.4 is 5.32 Å². The van der Waals surface area contributed by atoms with Gasteiger partial charge in [0.15, 0.2) is 11.7 Å². The lowest BCUT2D eigenvalue weighted by atomic mass is 9.97. The summed E-state index contributed by atoms with van der Waals surface area (Å²) in [4.78, 5) is 12.5. The quantitative estimate of drug-likeness (QED) is 0.325. The van der Waals surface area contributed by atoms with Crippen molar-refractivity contribution in [3.8, 4) is 28.3 Å². The van der Waals surface area contributed by atoms with Gasteiger partial charge >= 0.3 is 12.2 Å². The largest absolute Gasteiger partial charge is 0.435 e. The summed E-state index contributed by atoms with van der Waals surface area (Å²) in [5, 5.41) is 14.8. The van der Waals surface area contributed by atoms with Gasteiger partial charge in [0.05, 0.1) is 22.2 Å². The van der Waals surface area contributed by atoms with Gasteiger partial charge in [-0.15, -0.1) is 0 Å². The lowest BCUT2D eigenvalue weighted by molar-refractivity contribution is -0.141. The minimum Gasteiger partial charge on any atom is -0.305 e. The van der Waals surface area contributed by atoms with E-state index in [0.29, 0.717) is 33.0 Å². The highest BCUT2D eigenvalue weighted by Gasteiger charge is 2.34. The average molecular weight is 528 g/mol. The number of carbonyl (C=O) groups is 1. The van der Waals surface area contributed by atoms with Gasteiger partial charge in [-0.3, -0.25) is 0 Å². The molecule has 1 aromatic heterocycles. The Morgan fingerprint density at radius 1 is 0.973 bits per heavy atom. The zero-order chi connectivity index (χ0) is 26.8. The number of sulfone groups is 1. The van der Waals surface area contributed by atoms with Crippen molar-refractivity contribution < 1.29 is 30.8 Å². The van der Waals surface area contributed by atoms with Crippen molar-refractivity contribution >= 4 is 21.6 Å². The third-order valence-corrected chi connectivity index (χ3v) is 6.66. The highest BCUT2D eigenvalue weighted by atomic mass is 32.2. The van der Waals surface area contributed by atoms with E-state index in [2.05, 4.69) is 10.4 Å². The van der Waals surface area contributed by atoms with Crippen LogP contribution in [0.2, 0.25) is 0 Å². The van der Waals surface area contributed by atoms with Gasteiger partial charge < -0.3 is 5.32 Å². The molecular formula is C25H16F4N4O3S. The van der Waals surface area contributed by atoms with Crippen LogP contribution in [0.15, 0.2) is 83.9 Å².